The van der Waals surface area contributed by atoms with E-state index in [1.54, 1.807) is 23.1 Å². The van der Waals surface area contributed by atoms with E-state index in [1.807, 2.05) is 13.8 Å². The lowest BCUT2D eigenvalue weighted by molar-refractivity contribution is 0.0773. The van der Waals surface area contributed by atoms with Gasteiger partial charge in [0.1, 0.15) is 0 Å². The monoisotopic (exact) mass is 294 g/mol. The van der Waals surface area contributed by atoms with E-state index in [9.17, 15) is 9.59 Å². The van der Waals surface area contributed by atoms with Gasteiger partial charge in [-0.15, -0.1) is 0 Å². The first kappa shape index (κ1) is 16.6. The van der Waals surface area contributed by atoms with Crippen molar-refractivity contribution in [3.05, 3.63) is 23.8 Å². The Labute approximate surface area is 124 Å². The molecule has 0 aromatic heterocycles. The van der Waals surface area contributed by atoms with Crippen LogP contribution in [0.2, 0.25) is 0 Å². The summed E-state index contributed by atoms with van der Waals surface area (Å²) in [4.78, 5) is 24.2. The zero-order valence-corrected chi connectivity index (χ0v) is 12.3. The highest BCUT2D eigenvalue weighted by molar-refractivity contribution is 5.96. The molecule has 7 heteroatoms. The topological polar surface area (TPSA) is 108 Å². The number of carboxylic acid groups (broad SMARTS) is 1. The molecule has 0 radical (unpaired) electrons. The van der Waals surface area contributed by atoms with Crippen LogP contribution < -0.4 is 16.4 Å². The van der Waals surface area contributed by atoms with E-state index in [2.05, 4.69) is 10.6 Å². The van der Waals surface area contributed by atoms with Crippen LogP contribution in [-0.4, -0.2) is 48.2 Å². The molecule has 21 heavy (non-hydrogen) atoms. The van der Waals surface area contributed by atoms with E-state index in [4.69, 9.17) is 10.8 Å². The lowest BCUT2D eigenvalue weighted by atomic mass is 10.1. The Hall–Kier alpha value is -2.44. The molecule has 0 fully saturated rings. The standard InChI is InChI=1S/C14H22N4O3/c1-3-18(4-2)13(19)10-5-6-12(11(15)9-10)16-7-8-17-14(20)21/h5-6,9,16-17H,3-4,7-8,15H2,1-2H3,(H,20,21). The molecule has 7 nitrogen and oxygen atoms in total. The van der Waals surface area contributed by atoms with E-state index in [1.165, 1.54) is 0 Å². The molecule has 0 aliphatic rings. The number of carbonyl (C=O) groups is 2. The summed E-state index contributed by atoms with van der Waals surface area (Å²) in [6.07, 6.45) is -1.06. The third kappa shape index (κ3) is 4.87. The van der Waals surface area contributed by atoms with Crippen molar-refractivity contribution in [2.75, 3.05) is 37.2 Å². The predicted molar refractivity (Wildman–Crippen MR) is 82.6 cm³/mol. The van der Waals surface area contributed by atoms with Crippen molar-refractivity contribution >= 4 is 23.4 Å². The van der Waals surface area contributed by atoms with Crippen LogP contribution in [0, 0.1) is 0 Å². The van der Waals surface area contributed by atoms with E-state index in [0.29, 0.717) is 36.6 Å². The molecule has 1 rings (SSSR count). The third-order valence-electron chi connectivity index (χ3n) is 3.07. The molecule has 0 saturated carbocycles. The molecule has 0 aliphatic heterocycles. The lowest BCUT2D eigenvalue weighted by Crippen LogP contribution is -2.30. The first-order chi connectivity index (χ1) is 9.99. The van der Waals surface area contributed by atoms with Gasteiger partial charge in [-0.3, -0.25) is 4.79 Å². The van der Waals surface area contributed by atoms with Crippen LogP contribution in [0.15, 0.2) is 18.2 Å². The number of amides is 2. The van der Waals surface area contributed by atoms with Gasteiger partial charge in [-0.2, -0.15) is 0 Å². The molecule has 1 aromatic rings. The maximum atomic E-state index is 12.2. The molecule has 1 aromatic carbocycles. The molecule has 0 atom stereocenters. The molecule has 0 saturated heterocycles. The van der Waals surface area contributed by atoms with Crippen molar-refractivity contribution in [1.29, 1.82) is 0 Å². The van der Waals surface area contributed by atoms with Gasteiger partial charge in [-0.05, 0) is 32.0 Å². The minimum atomic E-state index is -1.06. The van der Waals surface area contributed by atoms with Crippen molar-refractivity contribution < 1.29 is 14.7 Å². The fraction of sp³-hybridized carbons (Fsp3) is 0.429. The number of nitrogens with zero attached hydrogens (tertiary/aromatic N) is 1. The zero-order valence-electron chi connectivity index (χ0n) is 12.3. The number of nitrogens with one attached hydrogen (secondary N) is 2. The van der Waals surface area contributed by atoms with Crippen LogP contribution in [0.4, 0.5) is 16.2 Å². The minimum absolute atomic E-state index is 0.0502. The summed E-state index contributed by atoms with van der Waals surface area (Å²) in [5.74, 6) is -0.0502. The van der Waals surface area contributed by atoms with Crippen LogP contribution in [0.25, 0.3) is 0 Å². The van der Waals surface area contributed by atoms with Crippen LogP contribution in [0.3, 0.4) is 0 Å². The third-order valence-corrected chi connectivity index (χ3v) is 3.07. The number of hydrogen-bond donors (Lipinski definition) is 4. The Kier molecular flexibility index (Phi) is 6.32. The van der Waals surface area contributed by atoms with Gasteiger partial charge in [0, 0.05) is 31.7 Å². The second-order valence-corrected chi connectivity index (χ2v) is 4.44. The number of anilines is 2. The Morgan fingerprint density at radius 1 is 1.24 bits per heavy atom. The van der Waals surface area contributed by atoms with E-state index in [-0.39, 0.29) is 12.5 Å². The Morgan fingerprint density at radius 2 is 1.90 bits per heavy atom. The summed E-state index contributed by atoms with van der Waals surface area (Å²) in [5.41, 5.74) is 7.60. The molecule has 0 unspecified atom stereocenters. The minimum Gasteiger partial charge on any atom is -0.465 e. The normalized spacial score (nSPS) is 10.0. The van der Waals surface area contributed by atoms with Crippen molar-refractivity contribution in [2.24, 2.45) is 0 Å². The molecule has 0 aliphatic carbocycles. The molecule has 116 valence electrons. The Morgan fingerprint density at radius 3 is 2.43 bits per heavy atom. The molecule has 0 spiro atoms. The molecule has 0 bridgehead atoms. The number of carbonyl (C=O) groups excluding carboxylic acids is 1. The van der Waals surface area contributed by atoms with Gasteiger partial charge in [-0.1, -0.05) is 0 Å². The van der Waals surface area contributed by atoms with Crippen molar-refractivity contribution in [3.63, 3.8) is 0 Å². The molecule has 5 N–H and O–H groups in total. The van der Waals surface area contributed by atoms with E-state index < -0.39 is 6.09 Å². The Bertz CT molecular complexity index is 501. The van der Waals surface area contributed by atoms with Gasteiger partial charge in [0.15, 0.2) is 0 Å². The highest BCUT2D eigenvalue weighted by Crippen LogP contribution is 2.20. The number of nitrogen functional groups attached to an aromatic ring is 1. The predicted octanol–water partition coefficient (Wildman–Crippen LogP) is 1.43. The maximum absolute atomic E-state index is 12.2. The first-order valence-electron chi connectivity index (χ1n) is 6.89. The van der Waals surface area contributed by atoms with Gasteiger partial charge >= 0.3 is 6.09 Å². The van der Waals surface area contributed by atoms with Gasteiger partial charge in [0.05, 0.1) is 11.4 Å². The van der Waals surface area contributed by atoms with Crippen molar-refractivity contribution in [2.45, 2.75) is 13.8 Å². The van der Waals surface area contributed by atoms with Gasteiger partial charge < -0.3 is 26.4 Å². The van der Waals surface area contributed by atoms with Crippen molar-refractivity contribution in [3.8, 4) is 0 Å². The summed E-state index contributed by atoms with van der Waals surface area (Å²) in [5, 5.41) is 13.7. The van der Waals surface area contributed by atoms with Crippen molar-refractivity contribution in [1.82, 2.24) is 10.2 Å². The van der Waals surface area contributed by atoms with Gasteiger partial charge in [0.25, 0.3) is 5.91 Å². The van der Waals surface area contributed by atoms with E-state index >= 15 is 0 Å². The van der Waals surface area contributed by atoms with Crippen LogP contribution >= 0.6 is 0 Å². The average Bonchev–Trinajstić information content (AvgIpc) is 2.45. The molecule has 2 amide bonds. The van der Waals surface area contributed by atoms with Gasteiger partial charge in [0.2, 0.25) is 0 Å². The number of hydrogen-bond acceptors (Lipinski definition) is 4. The molecule has 0 heterocycles. The SMILES string of the molecule is CCN(CC)C(=O)c1ccc(NCCNC(=O)O)c(N)c1. The highest BCUT2D eigenvalue weighted by Gasteiger charge is 2.13. The van der Waals surface area contributed by atoms with Gasteiger partial charge in [-0.25, -0.2) is 4.79 Å². The Balaban J connectivity index is 2.67. The number of benzene rings is 1. The number of rotatable bonds is 7. The molecular formula is C14H22N4O3. The fourth-order valence-corrected chi connectivity index (χ4v) is 1.92. The highest BCUT2D eigenvalue weighted by atomic mass is 16.4. The first-order valence-corrected chi connectivity index (χ1v) is 6.89. The van der Waals surface area contributed by atoms with E-state index in [0.717, 1.165) is 0 Å². The zero-order chi connectivity index (χ0) is 15.8. The number of nitrogens with two attached hydrogens (primary N) is 1. The summed E-state index contributed by atoms with van der Waals surface area (Å²) >= 11 is 0. The molecular weight excluding hydrogens is 272 g/mol. The summed E-state index contributed by atoms with van der Waals surface area (Å²) in [6.45, 7) is 5.84. The quantitative estimate of drug-likeness (QED) is 0.449. The van der Waals surface area contributed by atoms with Crippen LogP contribution in [0.5, 0.6) is 0 Å². The largest absolute Gasteiger partial charge is 0.465 e. The lowest BCUT2D eigenvalue weighted by Gasteiger charge is -2.19. The fourth-order valence-electron chi connectivity index (χ4n) is 1.92. The van der Waals surface area contributed by atoms with Crippen LogP contribution in [-0.2, 0) is 0 Å². The maximum Gasteiger partial charge on any atom is 0.404 e. The summed E-state index contributed by atoms with van der Waals surface area (Å²) in [7, 11) is 0. The summed E-state index contributed by atoms with van der Waals surface area (Å²) in [6, 6.07) is 5.07. The second-order valence-electron chi connectivity index (χ2n) is 4.44. The summed E-state index contributed by atoms with van der Waals surface area (Å²) < 4.78 is 0. The second kappa shape index (κ2) is 7.98. The van der Waals surface area contributed by atoms with Crippen LogP contribution in [0.1, 0.15) is 24.2 Å². The smallest absolute Gasteiger partial charge is 0.404 e. The average molecular weight is 294 g/mol.